The molecule has 3 heteroatoms. The first-order valence-electron chi connectivity index (χ1n) is 9.98. The van der Waals surface area contributed by atoms with Gasteiger partial charge in [-0.2, -0.15) is 0 Å². The van der Waals surface area contributed by atoms with Gasteiger partial charge in [0.25, 0.3) is 5.91 Å². The molecule has 1 fully saturated rings. The molecule has 2 aromatic rings. The molecule has 3 nitrogen and oxygen atoms in total. The van der Waals surface area contributed by atoms with Crippen molar-refractivity contribution in [3.8, 4) is 0 Å². The predicted octanol–water partition coefficient (Wildman–Crippen LogP) is 5.04. The Kier molecular flexibility index (Phi) is 6.10. The van der Waals surface area contributed by atoms with E-state index in [1.807, 2.05) is 50.2 Å². The van der Waals surface area contributed by atoms with E-state index in [0.717, 1.165) is 48.8 Å². The first kappa shape index (κ1) is 19.3. The van der Waals surface area contributed by atoms with Crippen LogP contribution in [-0.2, 0) is 6.42 Å². The average molecular weight is 364 g/mol. The van der Waals surface area contributed by atoms with Crippen molar-refractivity contribution in [1.29, 1.82) is 0 Å². The zero-order valence-electron chi connectivity index (χ0n) is 16.5. The van der Waals surface area contributed by atoms with Crippen LogP contribution in [0.15, 0.2) is 42.5 Å². The number of amides is 1. The summed E-state index contributed by atoms with van der Waals surface area (Å²) in [5.41, 5.74) is 5.04. The molecule has 0 aliphatic heterocycles. The highest BCUT2D eigenvalue weighted by molar-refractivity contribution is 5.98. The summed E-state index contributed by atoms with van der Waals surface area (Å²) in [6.45, 7) is 6.17. The Balaban J connectivity index is 1.55. The van der Waals surface area contributed by atoms with Crippen molar-refractivity contribution >= 4 is 11.7 Å². The maximum atomic E-state index is 12.8. The second-order valence-corrected chi connectivity index (χ2v) is 7.81. The van der Waals surface area contributed by atoms with E-state index < -0.39 is 0 Å². The highest BCUT2D eigenvalue weighted by Gasteiger charge is 2.28. The Morgan fingerprint density at radius 3 is 2.04 bits per heavy atom. The standard InChI is InChI=1S/C24H29NO2/c1-4-18-5-7-20(8-6-18)24(27)25-22-11-9-19(10-12-22)23(26)21-14-16(2)13-17(3)15-21/h5-8,13-15,19,22H,4,9-12H2,1-3H3,(H,25,27). The van der Waals surface area contributed by atoms with Crippen molar-refractivity contribution in [3.63, 3.8) is 0 Å². The Morgan fingerprint density at radius 1 is 0.889 bits per heavy atom. The van der Waals surface area contributed by atoms with E-state index in [0.29, 0.717) is 5.56 Å². The second-order valence-electron chi connectivity index (χ2n) is 7.81. The lowest BCUT2D eigenvalue weighted by Crippen LogP contribution is -2.38. The molecule has 1 saturated carbocycles. The third kappa shape index (κ3) is 4.85. The summed E-state index contributed by atoms with van der Waals surface area (Å²) < 4.78 is 0. The van der Waals surface area contributed by atoms with Gasteiger partial charge in [0.1, 0.15) is 0 Å². The molecule has 0 spiro atoms. The molecule has 1 aliphatic carbocycles. The quantitative estimate of drug-likeness (QED) is 0.757. The molecule has 0 saturated heterocycles. The van der Waals surface area contributed by atoms with Gasteiger partial charge in [-0.15, -0.1) is 0 Å². The minimum atomic E-state index is -0.0123. The number of nitrogens with one attached hydrogen (secondary N) is 1. The number of carbonyl (C=O) groups is 2. The summed E-state index contributed by atoms with van der Waals surface area (Å²) in [5.74, 6) is 0.312. The fourth-order valence-electron chi connectivity index (χ4n) is 4.01. The molecule has 1 N–H and O–H groups in total. The molecular formula is C24H29NO2. The number of benzene rings is 2. The van der Waals surface area contributed by atoms with Crippen LogP contribution < -0.4 is 5.32 Å². The van der Waals surface area contributed by atoms with Gasteiger partial charge >= 0.3 is 0 Å². The second kappa shape index (κ2) is 8.51. The summed E-state index contributed by atoms with van der Waals surface area (Å²) >= 11 is 0. The van der Waals surface area contributed by atoms with Gasteiger partial charge in [-0.1, -0.05) is 36.2 Å². The van der Waals surface area contributed by atoms with Crippen LogP contribution in [0.4, 0.5) is 0 Å². The maximum Gasteiger partial charge on any atom is 0.251 e. The first-order chi connectivity index (χ1) is 13.0. The fraction of sp³-hybridized carbons (Fsp3) is 0.417. The molecule has 0 heterocycles. The van der Waals surface area contributed by atoms with Crippen LogP contribution in [0.25, 0.3) is 0 Å². The van der Waals surface area contributed by atoms with Gasteiger partial charge in [-0.3, -0.25) is 9.59 Å². The largest absolute Gasteiger partial charge is 0.349 e. The lowest BCUT2D eigenvalue weighted by atomic mass is 9.81. The summed E-state index contributed by atoms with van der Waals surface area (Å²) in [6.07, 6.45) is 4.37. The van der Waals surface area contributed by atoms with Crippen molar-refractivity contribution in [2.24, 2.45) is 5.92 Å². The van der Waals surface area contributed by atoms with Crippen molar-refractivity contribution in [3.05, 3.63) is 70.3 Å². The molecular weight excluding hydrogens is 334 g/mol. The van der Waals surface area contributed by atoms with Gasteiger partial charge < -0.3 is 5.32 Å². The Hall–Kier alpha value is -2.42. The SMILES string of the molecule is CCc1ccc(C(=O)NC2CCC(C(=O)c3cc(C)cc(C)c3)CC2)cc1. The number of aryl methyl sites for hydroxylation is 3. The summed E-state index contributed by atoms with van der Waals surface area (Å²) in [5, 5.41) is 3.14. The topological polar surface area (TPSA) is 46.2 Å². The van der Waals surface area contributed by atoms with E-state index in [1.165, 1.54) is 5.56 Å². The number of carbonyl (C=O) groups excluding carboxylic acids is 2. The number of hydrogen-bond donors (Lipinski definition) is 1. The van der Waals surface area contributed by atoms with Gasteiger partial charge in [0.05, 0.1) is 0 Å². The lowest BCUT2D eigenvalue weighted by molar-refractivity contribution is 0.0861. The van der Waals surface area contributed by atoms with Crippen molar-refractivity contribution in [2.45, 2.75) is 58.9 Å². The molecule has 27 heavy (non-hydrogen) atoms. The van der Waals surface area contributed by atoms with E-state index in [4.69, 9.17) is 0 Å². The molecule has 1 aliphatic rings. The number of rotatable bonds is 5. The van der Waals surface area contributed by atoms with Crippen LogP contribution in [0.1, 0.15) is 70.0 Å². The molecule has 3 rings (SSSR count). The Bertz CT molecular complexity index is 795. The number of hydrogen-bond acceptors (Lipinski definition) is 2. The third-order valence-corrected chi connectivity index (χ3v) is 5.56. The number of ketones is 1. The zero-order valence-corrected chi connectivity index (χ0v) is 16.5. The summed E-state index contributed by atoms with van der Waals surface area (Å²) in [4.78, 5) is 25.3. The van der Waals surface area contributed by atoms with Gasteiger partial charge in [-0.25, -0.2) is 0 Å². The lowest BCUT2D eigenvalue weighted by Gasteiger charge is -2.28. The fourth-order valence-corrected chi connectivity index (χ4v) is 4.01. The van der Waals surface area contributed by atoms with E-state index in [1.54, 1.807) is 0 Å². The van der Waals surface area contributed by atoms with Crippen LogP contribution in [0.2, 0.25) is 0 Å². The molecule has 0 atom stereocenters. The van der Waals surface area contributed by atoms with Crippen LogP contribution >= 0.6 is 0 Å². The van der Waals surface area contributed by atoms with Gasteiger partial charge in [-0.05, 0) is 75.8 Å². The number of Topliss-reactive ketones (excluding diaryl/α,β-unsaturated/α-hetero) is 1. The predicted molar refractivity (Wildman–Crippen MR) is 109 cm³/mol. The smallest absolute Gasteiger partial charge is 0.251 e. The van der Waals surface area contributed by atoms with Crippen molar-refractivity contribution in [2.75, 3.05) is 0 Å². The summed E-state index contributed by atoms with van der Waals surface area (Å²) in [7, 11) is 0. The molecule has 1 amide bonds. The van der Waals surface area contributed by atoms with Gasteiger partial charge in [0.2, 0.25) is 0 Å². The zero-order chi connectivity index (χ0) is 19.4. The van der Waals surface area contributed by atoms with E-state index in [9.17, 15) is 9.59 Å². The van der Waals surface area contributed by atoms with Crippen LogP contribution in [-0.4, -0.2) is 17.7 Å². The molecule has 0 unspecified atom stereocenters. The molecule has 142 valence electrons. The highest BCUT2D eigenvalue weighted by atomic mass is 16.1. The van der Waals surface area contributed by atoms with E-state index in [2.05, 4.69) is 18.3 Å². The van der Waals surface area contributed by atoms with Gasteiger partial charge in [0, 0.05) is 23.1 Å². The molecule has 0 radical (unpaired) electrons. The van der Waals surface area contributed by atoms with E-state index >= 15 is 0 Å². The van der Waals surface area contributed by atoms with Crippen molar-refractivity contribution < 1.29 is 9.59 Å². The first-order valence-corrected chi connectivity index (χ1v) is 9.98. The van der Waals surface area contributed by atoms with Crippen molar-refractivity contribution in [1.82, 2.24) is 5.32 Å². The Labute approximate surface area is 162 Å². The van der Waals surface area contributed by atoms with Crippen LogP contribution in [0, 0.1) is 19.8 Å². The van der Waals surface area contributed by atoms with E-state index in [-0.39, 0.29) is 23.7 Å². The third-order valence-electron chi connectivity index (χ3n) is 5.56. The minimum absolute atomic E-state index is 0.0123. The monoisotopic (exact) mass is 363 g/mol. The molecule has 0 bridgehead atoms. The van der Waals surface area contributed by atoms with Gasteiger partial charge in [0.15, 0.2) is 5.78 Å². The molecule has 0 aromatic heterocycles. The maximum absolute atomic E-state index is 12.8. The van der Waals surface area contributed by atoms with Crippen LogP contribution in [0.5, 0.6) is 0 Å². The summed E-state index contributed by atoms with van der Waals surface area (Å²) in [6, 6.07) is 14.0. The molecule has 2 aromatic carbocycles. The van der Waals surface area contributed by atoms with Crippen LogP contribution in [0.3, 0.4) is 0 Å². The Morgan fingerprint density at radius 2 is 1.48 bits per heavy atom. The minimum Gasteiger partial charge on any atom is -0.349 e. The average Bonchev–Trinajstić information content (AvgIpc) is 2.67. The highest BCUT2D eigenvalue weighted by Crippen LogP contribution is 2.28. The normalized spacial score (nSPS) is 19.5.